The van der Waals surface area contributed by atoms with Gasteiger partial charge in [0.25, 0.3) is 0 Å². The minimum atomic E-state index is -0.410. The lowest BCUT2D eigenvalue weighted by Gasteiger charge is -2.16. The fourth-order valence-electron chi connectivity index (χ4n) is 1.54. The Bertz CT molecular complexity index is 355. The molecule has 16 heavy (non-hydrogen) atoms. The van der Waals surface area contributed by atoms with E-state index >= 15 is 0 Å². The molecule has 0 spiro atoms. The Morgan fingerprint density at radius 3 is 2.88 bits per heavy atom. The van der Waals surface area contributed by atoms with Gasteiger partial charge in [-0.15, -0.1) is 6.58 Å². The lowest BCUT2D eigenvalue weighted by atomic mass is 10.0. The van der Waals surface area contributed by atoms with Gasteiger partial charge in [0.15, 0.2) is 0 Å². The molecule has 2 nitrogen and oxygen atoms in total. The molecule has 0 saturated carbocycles. The predicted molar refractivity (Wildman–Crippen MR) is 65.5 cm³/mol. The normalized spacial score (nSPS) is 12.4. The smallest absolute Gasteiger partial charge is 0.141 e. The van der Waals surface area contributed by atoms with Crippen LogP contribution in [0.25, 0.3) is 0 Å². The summed E-state index contributed by atoms with van der Waals surface area (Å²) < 4.78 is 13.0. The van der Waals surface area contributed by atoms with Crippen molar-refractivity contribution < 1.29 is 4.39 Å². The van der Waals surface area contributed by atoms with Crippen LogP contribution in [0.15, 0.2) is 30.9 Å². The Morgan fingerprint density at radius 1 is 1.56 bits per heavy atom. The molecule has 3 N–H and O–H groups in total. The Morgan fingerprint density at radius 2 is 2.31 bits per heavy atom. The topological polar surface area (TPSA) is 38.0 Å². The lowest BCUT2D eigenvalue weighted by Crippen LogP contribution is -2.28. The number of hydrazine groups is 1. The molecule has 4 heteroatoms. The SMILES string of the molecule is C=CCCCC(NN)c1ccc(F)c(Cl)c1. The molecule has 1 aromatic carbocycles. The maximum atomic E-state index is 13.0. The van der Waals surface area contributed by atoms with Gasteiger partial charge >= 0.3 is 0 Å². The summed E-state index contributed by atoms with van der Waals surface area (Å²) in [6.07, 6.45) is 4.65. The first kappa shape index (κ1) is 13.2. The van der Waals surface area contributed by atoms with Crippen molar-refractivity contribution in [1.82, 2.24) is 5.43 Å². The van der Waals surface area contributed by atoms with Gasteiger partial charge in [0.05, 0.1) is 5.02 Å². The van der Waals surface area contributed by atoms with E-state index in [1.54, 1.807) is 12.1 Å². The quantitative estimate of drug-likeness (QED) is 0.348. The highest BCUT2D eigenvalue weighted by Gasteiger charge is 2.10. The van der Waals surface area contributed by atoms with Crippen molar-refractivity contribution in [1.29, 1.82) is 0 Å². The van der Waals surface area contributed by atoms with Gasteiger partial charge in [-0.2, -0.15) is 0 Å². The molecule has 0 aliphatic heterocycles. The van der Waals surface area contributed by atoms with Crippen LogP contribution in [0.5, 0.6) is 0 Å². The summed E-state index contributed by atoms with van der Waals surface area (Å²) >= 11 is 5.72. The largest absolute Gasteiger partial charge is 0.271 e. The monoisotopic (exact) mass is 242 g/mol. The molecule has 0 radical (unpaired) electrons. The third kappa shape index (κ3) is 3.59. The van der Waals surface area contributed by atoms with E-state index < -0.39 is 5.82 Å². The number of allylic oxidation sites excluding steroid dienone is 1. The minimum absolute atomic E-state index is 0.00181. The second kappa shape index (κ2) is 6.63. The number of hydrogen-bond acceptors (Lipinski definition) is 2. The van der Waals surface area contributed by atoms with Gasteiger partial charge in [-0.05, 0) is 37.0 Å². The van der Waals surface area contributed by atoms with Crippen molar-refractivity contribution >= 4 is 11.6 Å². The standard InChI is InChI=1S/C12H16ClFN2/c1-2-3-4-5-12(16-15)9-6-7-11(14)10(13)8-9/h2,6-8,12,16H,1,3-5,15H2. The van der Waals surface area contributed by atoms with Gasteiger partial charge in [-0.3, -0.25) is 11.3 Å². The zero-order chi connectivity index (χ0) is 12.0. The first-order valence-electron chi connectivity index (χ1n) is 5.21. The molecule has 0 heterocycles. The van der Waals surface area contributed by atoms with Crippen LogP contribution in [0, 0.1) is 5.82 Å². The van der Waals surface area contributed by atoms with Crippen LogP contribution in [0.3, 0.4) is 0 Å². The first-order valence-corrected chi connectivity index (χ1v) is 5.58. The molecule has 0 bridgehead atoms. The molecule has 1 unspecified atom stereocenters. The van der Waals surface area contributed by atoms with Crippen LogP contribution in [-0.2, 0) is 0 Å². The van der Waals surface area contributed by atoms with Crippen molar-refractivity contribution in [2.45, 2.75) is 25.3 Å². The third-order valence-electron chi connectivity index (χ3n) is 2.45. The molecule has 88 valence electrons. The molecule has 0 amide bonds. The fourth-order valence-corrected chi connectivity index (χ4v) is 1.73. The molecule has 1 atom stereocenters. The summed E-state index contributed by atoms with van der Waals surface area (Å²) in [7, 11) is 0. The van der Waals surface area contributed by atoms with E-state index in [0.717, 1.165) is 24.8 Å². The predicted octanol–water partition coefficient (Wildman–Crippen LogP) is 3.34. The van der Waals surface area contributed by atoms with E-state index in [4.69, 9.17) is 17.4 Å². The van der Waals surface area contributed by atoms with Crippen LogP contribution in [0.2, 0.25) is 5.02 Å². The van der Waals surface area contributed by atoms with Crippen LogP contribution in [0.1, 0.15) is 30.9 Å². The third-order valence-corrected chi connectivity index (χ3v) is 2.74. The van der Waals surface area contributed by atoms with Gasteiger partial charge in [0.2, 0.25) is 0 Å². The second-order valence-corrected chi connectivity index (χ2v) is 4.02. The van der Waals surface area contributed by atoms with Crippen LogP contribution in [-0.4, -0.2) is 0 Å². The maximum Gasteiger partial charge on any atom is 0.141 e. The number of rotatable bonds is 6. The highest BCUT2D eigenvalue weighted by atomic mass is 35.5. The summed E-state index contributed by atoms with van der Waals surface area (Å²) in [5.41, 5.74) is 3.61. The van der Waals surface area contributed by atoms with Crippen molar-refractivity contribution in [2.24, 2.45) is 5.84 Å². The van der Waals surface area contributed by atoms with Gasteiger partial charge in [-0.25, -0.2) is 4.39 Å². The van der Waals surface area contributed by atoms with Crippen molar-refractivity contribution in [2.75, 3.05) is 0 Å². The number of unbranched alkanes of at least 4 members (excludes halogenated alkanes) is 1. The molecule has 0 aliphatic carbocycles. The molecular weight excluding hydrogens is 227 g/mol. The van der Waals surface area contributed by atoms with E-state index in [2.05, 4.69) is 12.0 Å². The molecular formula is C12H16ClFN2. The average molecular weight is 243 g/mol. The van der Waals surface area contributed by atoms with Gasteiger partial charge in [0, 0.05) is 6.04 Å². The zero-order valence-electron chi connectivity index (χ0n) is 9.05. The summed E-state index contributed by atoms with van der Waals surface area (Å²) in [5.74, 6) is 5.05. The Labute approximate surface area is 100 Å². The molecule has 0 fully saturated rings. The van der Waals surface area contributed by atoms with E-state index in [9.17, 15) is 4.39 Å². The van der Waals surface area contributed by atoms with Crippen molar-refractivity contribution in [3.8, 4) is 0 Å². The molecule has 0 saturated heterocycles. The number of nitrogens with one attached hydrogen (secondary N) is 1. The van der Waals surface area contributed by atoms with Crippen molar-refractivity contribution in [3.05, 3.63) is 47.3 Å². The average Bonchev–Trinajstić information content (AvgIpc) is 2.29. The molecule has 0 aliphatic rings. The van der Waals surface area contributed by atoms with Crippen molar-refractivity contribution in [3.63, 3.8) is 0 Å². The maximum absolute atomic E-state index is 13.0. The molecule has 0 aromatic heterocycles. The Balaban J connectivity index is 2.70. The summed E-state index contributed by atoms with van der Waals surface area (Å²) in [4.78, 5) is 0. The van der Waals surface area contributed by atoms with E-state index in [0.29, 0.717) is 0 Å². The Kier molecular flexibility index (Phi) is 5.46. The summed E-state index contributed by atoms with van der Waals surface area (Å²) in [6.45, 7) is 3.66. The summed E-state index contributed by atoms with van der Waals surface area (Å²) in [6, 6.07) is 4.66. The fraction of sp³-hybridized carbons (Fsp3) is 0.333. The van der Waals surface area contributed by atoms with E-state index in [-0.39, 0.29) is 11.1 Å². The number of hydrogen-bond donors (Lipinski definition) is 2. The highest BCUT2D eigenvalue weighted by Crippen LogP contribution is 2.23. The molecule has 1 rings (SSSR count). The van der Waals surface area contributed by atoms with E-state index in [1.165, 1.54) is 6.07 Å². The number of nitrogens with two attached hydrogens (primary N) is 1. The zero-order valence-corrected chi connectivity index (χ0v) is 9.80. The first-order chi connectivity index (χ1) is 7.69. The number of halogens is 2. The van der Waals surface area contributed by atoms with Gasteiger partial charge < -0.3 is 0 Å². The van der Waals surface area contributed by atoms with E-state index in [1.807, 2.05) is 6.08 Å². The van der Waals surface area contributed by atoms with Gasteiger partial charge in [0.1, 0.15) is 5.82 Å². The summed E-state index contributed by atoms with van der Waals surface area (Å²) in [5, 5.41) is 0.126. The number of benzene rings is 1. The molecule has 1 aromatic rings. The van der Waals surface area contributed by atoms with Crippen LogP contribution < -0.4 is 11.3 Å². The van der Waals surface area contributed by atoms with Gasteiger partial charge in [-0.1, -0.05) is 23.7 Å². The Hall–Kier alpha value is -0.900. The van der Waals surface area contributed by atoms with Crippen LogP contribution in [0.4, 0.5) is 4.39 Å². The minimum Gasteiger partial charge on any atom is -0.271 e. The van der Waals surface area contributed by atoms with Crippen LogP contribution >= 0.6 is 11.6 Å². The highest BCUT2D eigenvalue weighted by molar-refractivity contribution is 6.30. The lowest BCUT2D eigenvalue weighted by molar-refractivity contribution is 0.500. The second-order valence-electron chi connectivity index (χ2n) is 3.61.